The summed E-state index contributed by atoms with van der Waals surface area (Å²) in [4.78, 5) is 11.7. The molecule has 0 unspecified atom stereocenters. The van der Waals surface area contributed by atoms with Crippen LogP contribution < -0.4 is 10.5 Å². The Hall–Kier alpha value is -2.99. The summed E-state index contributed by atoms with van der Waals surface area (Å²) in [7, 11) is 1.63. The van der Waals surface area contributed by atoms with Gasteiger partial charge < -0.3 is 10.5 Å². The van der Waals surface area contributed by atoms with Gasteiger partial charge in [0.25, 0.3) is 0 Å². The third kappa shape index (κ3) is 3.27. The van der Waals surface area contributed by atoms with Crippen molar-refractivity contribution in [1.82, 2.24) is 0 Å². The average Bonchev–Trinajstić information content (AvgIpc) is 2.59. The summed E-state index contributed by atoms with van der Waals surface area (Å²) in [6, 6.07) is 11.4. The van der Waals surface area contributed by atoms with Gasteiger partial charge in [0, 0.05) is 16.7 Å². The number of primary amides is 1. The van der Waals surface area contributed by atoms with Crippen molar-refractivity contribution >= 4 is 12.0 Å². The first-order valence-electron chi connectivity index (χ1n) is 7.47. The monoisotopic (exact) mass is 303 g/mol. The van der Waals surface area contributed by atoms with Crippen molar-refractivity contribution < 1.29 is 9.53 Å². The Kier molecular flexibility index (Phi) is 4.16. The van der Waals surface area contributed by atoms with Crippen LogP contribution in [0.3, 0.4) is 0 Å². The molecule has 1 amide bonds. The Labute approximate surface area is 135 Å². The van der Waals surface area contributed by atoms with Crippen LogP contribution in [0.5, 0.6) is 5.75 Å². The molecule has 0 aliphatic heterocycles. The van der Waals surface area contributed by atoms with E-state index in [1.165, 1.54) is 0 Å². The summed E-state index contributed by atoms with van der Waals surface area (Å²) < 4.78 is 5.13. The number of methoxy groups -OCH3 is 1. The number of hydrogen-bond donors (Lipinski definition) is 1. The highest BCUT2D eigenvalue weighted by molar-refractivity contribution is 5.97. The first-order chi connectivity index (χ1) is 11.2. The fraction of sp³-hybridized carbons (Fsp3) is 0.150. The Morgan fingerprint density at radius 3 is 2.57 bits per heavy atom. The summed E-state index contributed by atoms with van der Waals surface area (Å²) in [5.74, 6) is 6.61. The van der Waals surface area contributed by atoms with E-state index in [1.807, 2.05) is 36.4 Å². The maximum Gasteiger partial charge on any atom is 0.249 e. The Balaban J connectivity index is 1.97. The highest BCUT2D eigenvalue weighted by Crippen LogP contribution is 2.24. The van der Waals surface area contributed by atoms with Crippen LogP contribution >= 0.6 is 0 Å². The lowest BCUT2D eigenvalue weighted by Crippen LogP contribution is -2.15. The molecule has 0 aromatic heterocycles. The SMILES string of the molecule is COc1ccc(C#Cc2cc3c(c(C(N)=O)c2)C=CCC3)cc1. The molecule has 2 aromatic rings. The molecule has 23 heavy (non-hydrogen) atoms. The number of allylic oxidation sites excluding steroid dienone is 1. The first kappa shape index (κ1) is 14.9. The van der Waals surface area contributed by atoms with Gasteiger partial charge in [0.15, 0.2) is 0 Å². The summed E-state index contributed by atoms with van der Waals surface area (Å²) in [6.45, 7) is 0. The third-order valence-electron chi connectivity index (χ3n) is 3.84. The fourth-order valence-electron chi connectivity index (χ4n) is 2.65. The van der Waals surface area contributed by atoms with Gasteiger partial charge in [-0.25, -0.2) is 0 Å². The number of aryl methyl sites for hydroxylation is 1. The lowest BCUT2D eigenvalue weighted by molar-refractivity contribution is 0.1000. The lowest BCUT2D eigenvalue weighted by Gasteiger charge is -2.14. The van der Waals surface area contributed by atoms with E-state index in [2.05, 4.69) is 17.9 Å². The molecule has 0 saturated carbocycles. The number of carbonyl (C=O) groups excluding carboxylic acids is 1. The van der Waals surface area contributed by atoms with Crippen LogP contribution in [0.1, 0.15) is 39.0 Å². The number of rotatable bonds is 2. The number of carbonyl (C=O) groups is 1. The van der Waals surface area contributed by atoms with Crippen molar-refractivity contribution in [3.63, 3.8) is 0 Å². The van der Waals surface area contributed by atoms with Crippen molar-refractivity contribution in [3.05, 3.63) is 70.3 Å². The molecule has 1 aliphatic carbocycles. The van der Waals surface area contributed by atoms with Gasteiger partial charge >= 0.3 is 0 Å². The van der Waals surface area contributed by atoms with Crippen LogP contribution in [0, 0.1) is 11.8 Å². The van der Waals surface area contributed by atoms with E-state index in [4.69, 9.17) is 10.5 Å². The van der Waals surface area contributed by atoms with Gasteiger partial charge in [-0.1, -0.05) is 24.0 Å². The molecule has 0 spiro atoms. The van der Waals surface area contributed by atoms with Gasteiger partial charge in [-0.2, -0.15) is 0 Å². The topological polar surface area (TPSA) is 52.3 Å². The van der Waals surface area contributed by atoms with Crippen molar-refractivity contribution in [2.45, 2.75) is 12.8 Å². The van der Waals surface area contributed by atoms with Crippen LogP contribution in [0.4, 0.5) is 0 Å². The molecule has 0 atom stereocenters. The minimum atomic E-state index is -0.416. The Morgan fingerprint density at radius 2 is 1.87 bits per heavy atom. The second kappa shape index (κ2) is 6.41. The summed E-state index contributed by atoms with van der Waals surface area (Å²) in [5, 5.41) is 0. The predicted octanol–water partition coefficient (Wildman–Crippen LogP) is 3.15. The van der Waals surface area contributed by atoms with Crippen LogP contribution in [0.15, 0.2) is 42.5 Å². The van der Waals surface area contributed by atoms with E-state index in [0.29, 0.717) is 5.56 Å². The molecular weight excluding hydrogens is 286 g/mol. The largest absolute Gasteiger partial charge is 0.497 e. The molecule has 0 saturated heterocycles. The highest BCUT2D eigenvalue weighted by atomic mass is 16.5. The Morgan fingerprint density at radius 1 is 1.13 bits per heavy atom. The summed E-state index contributed by atoms with van der Waals surface area (Å²) in [6.07, 6.45) is 5.92. The zero-order valence-electron chi connectivity index (χ0n) is 12.9. The van der Waals surface area contributed by atoms with Gasteiger partial charge in [-0.15, -0.1) is 0 Å². The minimum Gasteiger partial charge on any atom is -0.497 e. The molecule has 3 nitrogen and oxygen atoms in total. The quantitative estimate of drug-likeness (QED) is 0.866. The third-order valence-corrected chi connectivity index (χ3v) is 3.84. The van der Waals surface area contributed by atoms with E-state index < -0.39 is 5.91 Å². The van der Waals surface area contributed by atoms with Crippen LogP contribution in [-0.4, -0.2) is 13.0 Å². The van der Waals surface area contributed by atoms with Gasteiger partial charge in [0.1, 0.15) is 5.75 Å². The van der Waals surface area contributed by atoms with E-state index in [1.54, 1.807) is 13.2 Å². The number of ether oxygens (including phenoxy) is 1. The molecule has 3 heteroatoms. The molecule has 0 radical (unpaired) electrons. The van der Waals surface area contributed by atoms with Gasteiger partial charge in [0.05, 0.1) is 7.11 Å². The fourth-order valence-corrected chi connectivity index (χ4v) is 2.65. The van der Waals surface area contributed by atoms with Crippen LogP contribution in [0.2, 0.25) is 0 Å². The maximum absolute atomic E-state index is 11.7. The van der Waals surface area contributed by atoms with Gasteiger partial charge in [-0.3, -0.25) is 4.79 Å². The van der Waals surface area contributed by atoms with E-state index >= 15 is 0 Å². The van der Waals surface area contributed by atoms with Crippen molar-refractivity contribution in [2.75, 3.05) is 7.11 Å². The molecule has 2 N–H and O–H groups in total. The molecular formula is C20H17NO2. The van der Waals surface area contributed by atoms with Crippen LogP contribution in [-0.2, 0) is 6.42 Å². The molecule has 1 aliphatic rings. The van der Waals surface area contributed by atoms with Crippen molar-refractivity contribution in [3.8, 4) is 17.6 Å². The molecule has 0 heterocycles. The molecule has 3 rings (SSSR count). The number of fused-ring (bicyclic) bond motifs is 1. The second-order valence-electron chi connectivity index (χ2n) is 5.38. The highest BCUT2D eigenvalue weighted by Gasteiger charge is 2.14. The normalized spacial score (nSPS) is 12.0. The predicted molar refractivity (Wildman–Crippen MR) is 91.3 cm³/mol. The van der Waals surface area contributed by atoms with Gasteiger partial charge in [0.2, 0.25) is 5.91 Å². The van der Waals surface area contributed by atoms with E-state index in [0.717, 1.165) is 40.8 Å². The van der Waals surface area contributed by atoms with E-state index in [9.17, 15) is 4.79 Å². The zero-order chi connectivity index (χ0) is 16.2. The minimum absolute atomic E-state index is 0.416. The van der Waals surface area contributed by atoms with Crippen molar-refractivity contribution in [1.29, 1.82) is 0 Å². The maximum atomic E-state index is 11.7. The number of amides is 1. The molecule has 2 aromatic carbocycles. The number of benzene rings is 2. The number of nitrogens with two attached hydrogens (primary N) is 1. The standard InChI is InChI=1S/C20H17NO2/c1-23-17-10-8-14(9-11-17)6-7-15-12-16-4-2-3-5-18(16)19(13-15)20(21)22/h3,5,8-13H,2,4H2,1H3,(H2,21,22). The number of hydrogen-bond acceptors (Lipinski definition) is 2. The van der Waals surface area contributed by atoms with Gasteiger partial charge in [-0.05, 0) is 60.4 Å². The molecule has 0 fully saturated rings. The zero-order valence-corrected chi connectivity index (χ0v) is 12.9. The first-order valence-corrected chi connectivity index (χ1v) is 7.47. The molecule has 114 valence electrons. The summed E-state index contributed by atoms with van der Waals surface area (Å²) in [5.41, 5.74) is 9.81. The van der Waals surface area contributed by atoms with E-state index in [-0.39, 0.29) is 0 Å². The second-order valence-corrected chi connectivity index (χ2v) is 5.38. The molecule has 0 bridgehead atoms. The summed E-state index contributed by atoms with van der Waals surface area (Å²) >= 11 is 0. The van der Waals surface area contributed by atoms with Crippen molar-refractivity contribution in [2.24, 2.45) is 5.73 Å². The Bertz CT molecular complexity index is 836. The van der Waals surface area contributed by atoms with Crippen LogP contribution in [0.25, 0.3) is 6.08 Å². The average molecular weight is 303 g/mol. The smallest absolute Gasteiger partial charge is 0.249 e. The lowest BCUT2D eigenvalue weighted by atomic mass is 9.91.